The van der Waals surface area contributed by atoms with Crippen LogP contribution in [0.5, 0.6) is 0 Å². The zero-order chi connectivity index (χ0) is 40.9. The van der Waals surface area contributed by atoms with Gasteiger partial charge in [0, 0.05) is 0 Å². The molecule has 0 aromatic heterocycles. The molecule has 0 N–H and O–H groups in total. The van der Waals surface area contributed by atoms with Gasteiger partial charge in [0.1, 0.15) is 0 Å². The Morgan fingerprint density at radius 3 is 0.526 bits per heavy atom. The van der Waals surface area contributed by atoms with Crippen LogP contribution < -0.4 is 14.3 Å². The summed E-state index contributed by atoms with van der Waals surface area (Å²) in [5.41, 5.74) is 4.04. The Bertz CT molecular complexity index is 1640. The first-order valence-electron chi connectivity index (χ1n) is 16.8. The van der Waals surface area contributed by atoms with E-state index in [1.807, 2.05) is 48.5 Å². The summed E-state index contributed by atoms with van der Waals surface area (Å²) >= 11 is -5.26. The van der Waals surface area contributed by atoms with E-state index in [2.05, 4.69) is 0 Å². The van der Waals surface area contributed by atoms with E-state index in [4.69, 9.17) is 37.9 Å². The van der Waals surface area contributed by atoms with Crippen LogP contribution in [0.1, 0.15) is 44.5 Å². The van der Waals surface area contributed by atoms with Crippen molar-refractivity contribution in [3.8, 4) is 0 Å². The number of carbonyl (C=O) groups is 8. The van der Waals surface area contributed by atoms with E-state index in [0.29, 0.717) is 58.8 Å². The minimum atomic E-state index is -5.26. The van der Waals surface area contributed by atoms with Gasteiger partial charge in [0.05, 0.1) is 0 Å². The molecule has 0 aliphatic carbocycles. The molecule has 17 heteroatoms. The van der Waals surface area contributed by atoms with Crippen molar-refractivity contribution in [2.24, 2.45) is 0 Å². The van der Waals surface area contributed by atoms with Gasteiger partial charge in [0.2, 0.25) is 0 Å². The van der Waals surface area contributed by atoms with Crippen molar-refractivity contribution in [3.63, 3.8) is 0 Å². The molecule has 4 rings (SSSR count). The van der Waals surface area contributed by atoms with Crippen LogP contribution in [0.2, 0.25) is 0 Å². The number of carbonyl (C=O) groups excluding carboxylic acids is 8. The van der Waals surface area contributed by atoms with Crippen molar-refractivity contribution in [2.45, 2.75) is 52.9 Å². The van der Waals surface area contributed by atoms with Crippen molar-refractivity contribution >= 4 is 84.5 Å². The average Bonchev–Trinajstić information content (AvgIpc) is 3.23. The third-order valence-corrected chi connectivity index (χ3v) is 21.7. The fourth-order valence-electron chi connectivity index (χ4n) is 6.63. The second kappa shape index (κ2) is 22.7. The molecule has 0 aliphatic rings. The van der Waals surface area contributed by atoms with E-state index in [1.165, 1.54) is 0 Å². The Kier molecular flexibility index (Phi) is 17.2. The van der Waals surface area contributed by atoms with Gasteiger partial charge in [-0.15, -0.1) is 0 Å². The van der Waals surface area contributed by atoms with Gasteiger partial charge in [0.25, 0.3) is 0 Å². The van der Waals surface area contributed by atoms with Crippen LogP contribution >= 0.6 is 0 Å². The summed E-state index contributed by atoms with van der Waals surface area (Å²) < 4.78 is 44.1. The first-order valence-corrected chi connectivity index (χ1v) is 22.5. The Morgan fingerprint density at radius 1 is 0.263 bits per heavy atom. The number of rotatable bonds is 28. The van der Waals surface area contributed by atoms with Crippen molar-refractivity contribution in [1.29, 1.82) is 0 Å². The summed E-state index contributed by atoms with van der Waals surface area (Å²) in [6.45, 7) is 0.798. The molecule has 16 nitrogen and oxygen atoms in total. The molecular formula is C40H36O16Sn. The zero-order valence-electron chi connectivity index (χ0n) is 30.2. The summed E-state index contributed by atoms with van der Waals surface area (Å²) in [5, 5.41) is 0. The molecule has 296 valence electrons. The summed E-state index contributed by atoms with van der Waals surface area (Å²) in [6.07, 6.45) is 0. The quantitative estimate of drug-likeness (QED) is 0.0431. The van der Waals surface area contributed by atoms with Crippen LogP contribution in [0.15, 0.2) is 72.8 Å². The van der Waals surface area contributed by atoms with Crippen molar-refractivity contribution in [1.82, 2.24) is 0 Å². The number of hydrogen-bond donors (Lipinski definition) is 0. The maximum absolute atomic E-state index is 11.4. The number of hydrogen-bond acceptors (Lipinski definition) is 16. The predicted octanol–water partition coefficient (Wildman–Crippen LogP) is 0.448. The second-order valence-electron chi connectivity index (χ2n) is 12.2. The van der Waals surface area contributed by atoms with Crippen molar-refractivity contribution in [3.05, 3.63) is 117 Å². The van der Waals surface area contributed by atoms with Gasteiger partial charge in [-0.3, -0.25) is 0 Å². The van der Waals surface area contributed by atoms with Crippen LogP contribution in [-0.2, 0) is 129 Å². The minimum absolute atomic E-state index is 0.184. The van der Waals surface area contributed by atoms with Crippen LogP contribution in [0.25, 0.3) is 0 Å². The van der Waals surface area contributed by atoms with E-state index in [0.717, 1.165) is 0 Å². The Morgan fingerprint density at radius 2 is 0.404 bits per heavy atom. The molecule has 0 spiro atoms. The monoisotopic (exact) mass is 892 g/mol. The van der Waals surface area contributed by atoms with Gasteiger partial charge in [-0.25, -0.2) is 0 Å². The van der Waals surface area contributed by atoms with Crippen molar-refractivity contribution in [2.75, 3.05) is 0 Å². The maximum atomic E-state index is 11.4. The normalized spacial score (nSPS) is 10.5. The third kappa shape index (κ3) is 11.7. The molecule has 0 aliphatic heterocycles. The molecule has 4 aromatic rings. The standard InChI is InChI=1S/4C10H9O4.Sn/c4*11-7-13-5-9-2-1-3-10(4-9)6-14-8-12;/h4*2-4,7-8H,5-6H2;. The first kappa shape index (κ1) is 43.2. The number of benzene rings is 4. The molecule has 4 aromatic carbocycles. The summed E-state index contributed by atoms with van der Waals surface area (Å²) in [4.78, 5) is 91.4. The van der Waals surface area contributed by atoms with E-state index >= 15 is 0 Å². The van der Waals surface area contributed by atoms with E-state index in [1.54, 1.807) is 24.3 Å². The topological polar surface area (TPSA) is 210 Å². The summed E-state index contributed by atoms with van der Waals surface area (Å²) in [6, 6.07) is 21.4. The van der Waals surface area contributed by atoms with E-state index < -0.39 is 18.4 Å². The molecule has 0 unspecified atom stereocenters. The van der Waals surface area contributed by atoms with Gasteiger partial charge < -0.3 is 0 Å². The Labute approximate surface area is 329 Å². The molecule has 0 amide bonds. The molecular weight excluding hydrogens is 855 g/mol. The van der Waals surface area contributed by atoms with Gasteiger partial charge in [-0.2, -0.15) is 0 Å². The molecule has 57 heavy (non-hydrogen) atoms. The van der Waals surface area contributed by atoms with Crippen molar-refractivity contribution < 1.29 is 76.3 Å². The Balaban J connectivity index is 2.35. The van der Waals surface area contributed by atoms with Crippen LogP contribution in [0, 0.1) is 0 Å². The fraction of sp³-hybridized carbons (Fsp3) is 0.200. The van der Waals surface area contributed by atoms with Crippen LogP contribution in [-0.4, -0.2) is 70.2 Å². The van der Waals surface area contributed by atoms with Gasteiger partial charge in [-0.1, -0.05) is 0 Å². The average molecular weight is 891 g/mol. The molecule has 0 atom stereocenters. The zero-order valence-corrected chi connectivity index (χ0v) is 33.1. The van der Waals surface area contributed by atoms with E-state index in [-0.39, 0.29) is 105 Å². The molecule has 0 fully saturated rings. The van der Waals surface area contributed by atoms with Gasteiger partial charge in [0.15, 0.2) is 0 Å². The molecule has 0 radical (unpaired) electrons. The molecule has 0 bridgehead atoms. The molecule has 0 saturated heterocycles. The van der Waals surface area contributed by atoms with Crippen LogP contribution in [0.3, 0.4) is 0 Å². The van der Waals surface area contributed by atoms with Gasteiger partial charge in [-0.05, 0) is 0 Å². The van der Waals surface area contributed by atoms with E-state index in [9.17, 15) is 38.4 Å². The fourth-order valence-corrected chi connectivity index (χ4v) is 21.5. The summed E-state index contributed by atoms with van der Waals surface area (Å²) in [5.74, 6) is 0. The summed E-state index contributed by atoms with van der Waals surface area (Å²) in [7, 11) is 0. The second-order valence-corrected chi connectivity index (χ2v) is 23.0. The SMILES string of the molecule is O=COCc1cc(COC=O)c[c]([Sn]([c]2cc(COC=O)cc(COC=O)c2)([c]2cc(COC=O)cc(COC=O)c2)[c]2cc(COC=O)cc(COC=O)c2)c1. The molecule has 0 saturated carbocycles. The molecule has 0 heterocycles. The Hall–Kier alpha value is -6.56. The third-order valence-electron chi connectivity index (χ3n) is 8.49. The van der Waals surface area contributed by atoms with Crippen LogP contribution in [0.4, 0.5) is 0 Å². The van der Waals surface area contributed by atoms with Gasteiger partial charge >= 0.3 is 331 Å². The number of ether oxygens (including phenoxy) is 8. The first-order chi connectivity index (χ1) is 27.9. The predicted molar refractivity (Wildman–Crippen MR) is 197 cm³/mol.